The van der Waals surface area contributed by atoms with Crippen LogP contribution >= 0.6 is 23.2 Å². The number of rotatable bonds is 6. The first kappa shape index (κ1) is 24.8. The molecule has 3 aromatic carbocycles. The summed E-state index contributed by atoms with van der Waals surface area (Å²) >= 11 is 12.2. The van der Waals surface area contributed by atoms with E-state index in [0.29, 0.717) is 46.6 Å². The van der Waals surface area contributed by atoms with Gasteiger partial charge in [0.2, 0.25) is 10.0 Å². The summed E-state index contributed by atoms with van der Waals surface area (Å²) < 4.78 is 35.0. The SMILES string of the molecule is [C-]#[N+]c1cc(Cl)cc(Oc2cc(Cl)ccc2OCC(=O)N2CCCc3cc(S(N)(=O)=O)ccc32)c1. The number of carbonyl (C=O) groups is 1. The molecule has 1 aliphatic rings. The zero-order valence-corrected chi connectivity index (χ0v) is 20.5. The van der Waals surface area contributed by atoms with Crippen molar-refractivity contribution in [1.82, 2.24) is 0 Å². The molecule has 0 radical (unpaired) electrons. The quantitative estimate of drug-likeness (QED) is 0.432. The van der Waals surface area contributed by atoms with Crippen LogP contribution in [0.1, 0.15) is 12.0 Å². The minimum Gasteiger partial charge on any atom is -0.480 e. The van der Waals surface area contributed by atoms with Crippen LogP contribution in [-0.2, 0) is 21.2 Å². The van der Waals surface area contributed by atoms with E-state index >= 15 is 0 Å². The van der Waals surface area contributed by atoms with Crippen LogP contribution in [0.5, 0.6) is 17.2 Å². The van der Waals surface area contributed by atoms with E-state index in [9.17, 15) is 13.2 Å². The molecule has 4 rings (SSSR count). The molecule has 0 spiro atoms. The Morgan fingerprint density at radius 2 is 1.86 bits per heavy atom. The molecule has 0 saturated carbocycles. The van der Waals surface area contributed by atoms with Crippen molar-refractivity contribution in [2.75, 3.05) is 18.1 Å². The second-order valence-electron chi connectivity index (χ2n) is 7.72. The van der Waals surface area contributed by atoms with Gasteiger partial charge in [-0.2, -0.15) is 0 Å². The molecule has 11 heteroatoms. The number of halogens is 2. The molecule has 0 aromatic heterocycles. The number of fused-ring (bicyclic) bond motifs is 1. The second-order valence-corrected chi connectivity index (χ2v) is 10.2. The van der Waals surface area contributed by atoms with Crippen LogP contribution in [0.15, 0.2) is 59.5 Å². The third-order valence-corrected chi connectivity index (χ3v) is 6.63. The Balaban J connectivity index is 1.53. The van der Waals surface area contributed by atoms with Crippen molar-refractivity contribution in [3.05, 3.63) is 81.6 Å². The minimum absolute atomic E-state index is 0.00661. The number of hydrogen-bond donors (Lipinski definition) is 1. The summed E-state index contributed by atoms with van der Waals surface area (Å²) in [6, 6.07) is 13.8. The first-order valence-electron chi connectivity index (χ1n) is 10.4. The van der Waals surface area contributed by atoms with Crippen LogP contribution in [0.25, 0.3) is 4.85 Å². The molecule has 1 aliphatic heterocycles. The fourth-order valence-corrected chi connectivity index (χ4v) is 4.65. The third kappa shape index (κ3) is 5.86. The topological polar surface area (TPSA) is 103 Å². The minimum atomic E-state index is -3.84. The molecule has 0 fully saturated rings. The largest absolute Gasteiger partial charge is 0.480 e. The number of sulfonamides is 1. The van der Waals surface area contributed by atoms with Gasteiger partial charge in [0.1, 0.15) is 5.75 Å². The van der Waals surface area contributed by atoms with Crippen molar-refractivity contribution in [2.45, 2.75) is 17.7 Å². The first-order chi connectivity index (χ1) is 16.6. The van der Waals surface area contributed by atoms with Crippen molar-refractivity contribution in [3.8, 4) is 17.2 Å². The van der Waals surface area contributed by atoms with Crippen LogP contribution in [0.2, 0.25) is 10.0 Å². The summed E-state index contributed by atoms with van der Waals surface area (Å²) in [7, 11) is -3.84. The van der Waals surface area contributed by atoms with Gasteiger partial charge in [-0.05, 0) is 66.9 Å². The number of primary sulfonamides is 1. The van der Waals surface area contributed by atoms with Gasteiger partial charge >= 0.3 is 0 Å². The van der Waals surface area contributed by atoms with E-state index in [1.54, 1.807) is 29.2 Å². The first-order valence-corrected chi connectivity index (χ1v) is 12.7. The van der Waals surface area contributed by atoms with Crippen molar-refractivity contribution in [1.29, 1.82) is 0 Å². The highest BCUT2D eigenvalue weighted by atomic mass is 35.5. The number of aryl methyl sites for hydroxylation is 1. The summed E-state index contributed by atoms with van der Waals surface area (Å²) in [6.07, 6.45) is 1.30. The van der Waals surface area contributed by atoms with Gasteiger partial charge in [-0.3, -0.25) is 4.79 Å². The molecule has 0 bridgehead atoms. The average Bonchev–Trinajstić information content (AvgIpc) is 2.81. The zero-order chi connectivity index (χ0) is 25.2. The smallest absolute Gasteiger partial charge is 0.264 e. The Kier molecular flexibility index (Phi) is 7.19. The lowest BCUT2D eigenvalue weighted by Gasteiger charge is -2.29. The highest BCUT2D eigenvalue weighted by Crippen LogP contribution is 2.37. The summed E-state index contributed by atoms with van der Waals surface area (Å²) in [5.74, 6) is 0.528. The predicted octanol–water partition coefficient (Wildman–Crippen LogP) is 5.34. The average molecular weight is 532 g/mol. The number of amides is 1. The predicted molar refractivity (Wildman–Crippen MR) is 133 cm³/mol. The van der Waals surface area contributed by atoms with E-state index in [0.717, 1.165) is 5.56 Å². The van der Waals surface area contributed by atoms with Crippen LogP contribution in [-0.4, -0.2) is 27.5 Å². The van der Waals surface area contributed by atoms with Gasteiger partial charge in [-0.1, -0.05) is 23.2 Å². The molecule has 1 amide bonds. The number of nitrogens with two attached hydrogens (primary N) is 1. The van der Waals surface area contributed by atoms with Crippen LogP contribution in [0.3, 0.4) is 0 Å². The van der Waals surface area contributed by atoms with Gasteiger partial charge in [-0.25, -0.2) is 18.4 Å². The molecule has 3 aromatic rings. The molecule has 0 atom stereocenters. The van der Waals surface area contributed by atoms with Crippen LogP contribution in [0.4, 0.5) is 11.4 Å². The Bertz CT molecular complexity index is 1450. The number of benzene rings is 3. The Hall–Kier alpha value is -3.29. The van der Waals surface area contributed by atoms with E-state index in [2.05, 4.69) is 4.85 Å². The molecule has 0 aliphatic carbocycles. The zero-order valence-electron chi connectivity index (χ0n) is 18.2. The van der Waals surface area contributed by atoms with Crippen molar-refractivity contribution < 1.29 is 22.7 Å². The molecular weight excluding hydrogens is 513 g/mol. The summed E-state index contributed by atoms with van der Waals surface area (Å²) in [6.45, 7) is 7.36. The molecular formula is C24H19Cl2N3O5S. The van der Waals surface area contributed by atoms with Crippen LogP contribution in [0, 0.1) is 6.57 Å². The Morgan fingerprint density at radius 3 is 2.60 bits per heavy atom. The summed E-state index contributed by atoms with van der Waals surface area (Å²) in [5.41, 5.74) is 1.65. The summed E-state index contributed by atoms with van der Waals surface area (Å²) in [5, 5.41) is 5.96. The fraction of sp³-hybridized carbons (Fsp3) is 0.167. The highest BCUT2D eigenvalue weighted by Gasteiger charge is 2.25. The lowest BCUT2D eigenvalue weighted by molar-refractivity contribution is -0.120. The molecule has 0 unspecified atom stereocenters. The second kappa shape index (κ2) is 10.1. The Morgan fingerprint density at radius 1 is 1.06 bits per heavy atom. The lowest BCUT2D eigenvalue weighted by atomic mass is 10.0. The normalized spacial score (nSPS) is 13.0. The van der Waals surface area contributed by atoms with Gasteiger partial charge in [0.05, 0.1) is 11.5 Å². The van der Waals surface area contributed by atoms with Gasteiger partial charge in [0.15, 0.2) is 23.8 Å². The fourth-order valence-electron chi connectivity index (χ4n) is 3.71. The van der Waals surface area contributed by atoms with Gasteiger partial charge in [-0.15, -0.1) is 0 Å². The van der Waals surface area contributed by atoms with E-state index in [4.69, 9.17) is 44.4 Å². The van der Waals surface area contributed by atoms with Crippen molar-refractivity contribution in [3.63, 3.8) is 0 Å². The third-order valence-electron chi connectivity index (χ3n) is 5.27. The summed E-state index contributed by atoms with van der Waals surface area (Å²) in [4.78, 5) is 17.9. The maximum Gasteiger partial charge on any atom is 0.264 e. The number of hydrogen-bond acceptors (Lipinski definition) is 5. The number of ether oxygens (including phenoxy) is 2. The maximum absolute atomic E-state index is 13.0. The molecule has 35 heavy (non-hydrogen) atoms. The molecule has 180 valence electrons. The van der Waals surface area contributed by atoms with Crippen LogP contribution < -0.4 is 19.5 Å². The Labute approximate surface area is 212 Å². The maximum atomic E-state index is 13.0. The van der Waals surface area contributed by atoms with E-state index in [-0.39, 0.29) is 28.9 Å². The van der Waals surface area contributed by atoms with Crippen molar-refractivity contribution in [2.24, 2.45) is 5.14 Å². The van der Waals surface area contributed by atoms with Crippen molar-refractivity contribution >= 4 is 50.5 Å². The van der Waals surface area contributed by atoms with E-state index < -0.39 is 10.0 Å². The monoisotopic (exact) mass is 531 g/mol. The van der Waals surface area contributed by atoms with E-state index in [1.807, 2.05) is 0 Å². The van der Waals surface area contributed by atoms with Gasteiger partial charge < -0.3 is 14.4 Å². The molecule has 2 N–H and O–H groups in total. The number of nitrogens with zero attached hydrogens (tertiary/aromatic N) is 2. The standard InChI is InChI=1S/C24H19Cl2N3O5S/c1-28-18-10-17(26)11-19(13-18)34-23-12-16(25)4-7-22(23)33-14-24(30)29-8-2-3-15-9-20(35(27,31)32)5-6-21(15)29/h4-7,9-13H,2-3,8,14H2,(H2,27,31,32). The molecule has 8 nitrogen and oxygen atoms in total. The number of carbonyl (C=O) groups excluding carboxylic acids is 1. The highest BCUT2D eigenvalue weighted by molar-refractivity contribution is 7.89. The molecule has 0 saturated heterocycles. The molecule has 1 heterocycles. The number of anilines is 1. The van der Waals surface area contributed by atoms with E-state index in [1.165, 1.54) is 30.3 Å². The van der Waals surface area contributed by atoms with Gasteiger partial charge in [0, 0.05) is 28.3 Å². The van der Waals surface area contributed by atoms with Gasteiger partial charge in [0.25, 0.3) is 5.91 Å². The lowest BCUT2D eigenvalue weighted by Crippen LogP contribution is -2.38.